The van der Waals surface area contributed by atoms with Crippen LogP contribution in [0.5, 0.6) is 0 Å². The monoisotopic (exact) mass is 215 g/mol. The van der Waals surface area contributed by atoms with Crippen molar-refractivity contribution in [3.05, 3.63) is 40.5 Å². The van der Waals surface area contributed by atoms with Crippen LogP contribution in [0, 0.1) is 13.8 Å². The number of rotatable bonds is 1. The molecular formula is C15H21N. The molecule has 0 saturated heterocycles. The summed E-state index contributed by atoms with van der Waals surface area (Å²) in [6, 6.07) is 7.12. The summed E-state index contributed by atoms with van der Waals surface area (Å²) in [5.41, 5.74) is 11.6. The molecule has 0 heterocycles. The second-order valence-corrected chi connectivity index (χ2v) is 4.98. The van der Waals surface area contributed by atoms with E-state index in [9.17, 15) is 0 Å². The molecule has 2 N–H and O–H groups in total. The van der Waals surface area contributed by atoms with Gasteiger partial charge < -0.3 is 5.73 Å². The Hall–Kier alpha value is -1.08. The molecule has 1 aliphatic rings. The van der Waals surface area contributed by atoms with Crippen molar-refractivity contribution in [2.24, 2.45) is 5.73 Å². The van der Waals surface area contributed by atoms with E-state index in [1.807, 2.05) is 0 Å². The molecule has 2 rings (SSSR count). The van der Waals surface area contributed by atoms with Crippen molar-refractivity contribution >= 4 is 6.08 Å². The fourth-order valence-corrected chi connectivity index (χ4v) is 2.25. The Morgan fingerprint density at radius 3 is 2.44 bits per heavy atom. The molecule has 86 valence electrons. The second-order valence-electron chi connectivity index (χ2n) is 4.98. The van der Waals surface area contributed by atoms with Crippen LogP contribution in [-0.2, 0) is 0 Å². The van der Waals surface area contributed by atoms with Gasteiger partial charge in [0, 0.05) is 6.04 Å². The maximum atomic E-state index is 5.91. The van der Waals surface area contributed by atoms with E-state index < -0.39 is 0 Å². The lowest BCUT2D eigenvalue weighted by Crippen LogP contribution is -2.23. The Kier molecular flexibility index (Phi) is 3.45. The van der Waals surface area contributed by atoms with Gasteiger partial charge in [0.2, 0.25) is 0 Å². The Morgan fingerprint density at radius 1 is 1.12 bits per heavy atom. The van der Waals surface area contributed by atoms with Crippen LogP contribution in [0.15, 0.2) is 23.8 Å². The smallest absolute Gasteiger partial charge is 0.00449 e. The van der Waals surface area contributed by atoms with Crippen LogP contribution in [0.1, 0.15) is 42.4 Å². The molecule has 1 aromatic carbocycles. The summed E-state index contributed by atoms with van der Waals surface area (Å²) in [6.45, 7) is 4.33. The molecule has 0 spiro atoms. The van der Waals surface area contributed by atoms with Crippen LogP contribution in [0.2, 0.25) is 0 Å². The zero-order chi connectivity index (χ0) is 11.5. The molecule has 1 aromatic rings. The molecule has 1 heteroatoms. The third kappa shape index (κ3) is 2.73. The van der Waals surface area contributed by atoms with E-state index in [0.717, 1.165) is 12.8 Å². The first-order valence-corrected chi connectivity index (χ1v) is 6.17. The first-order valence-electron chi connectivity index (χ1n) is 6.17. The molecule has 0 bridgehead atoms. The summed E-state index contributed by atoms with van der Waals surface area (Å²) < 4.78 is 0. The minimum Gasteiger partial charge on any atom is -0.328 e. The predicted molar refractivity (Wildman–Crippen MR) is 70.3 cm³/mol. The highest BCUT2D eigenvalue weighted by molar-refractivity contribution is 5.55. The van der Waals surface area contributed by atoms with Crippen LogP contribution in [-0.4, -0.2) is 6.04 Å². The van der Waals surface area contributed by atoms with E-state index in [2.05, 4.69) is 38.1 Å². The first kappa shape index (κ1) is 11.4. The molecule has 16 heavy (non-hydrogen) atoms. The zero-order valence-corrected chi connectivity index (χ0v) is 10.3. The lowest BCUT2D eigenvalue weighted by Gasteiger charge is -2.20. The fourth-order valence-electron chi connectivity index (χ4n) is 2.25. The SMILES string of the molecule is Cc1ccc(C=C2CCC(N)CC2)cc1C. The van der Waals surface area contributed by atoms with Crippen molar-refractivity contribution in [3.8, 4) is 0 Å². The third-order valence-electron chi connectivity index (χ3n) is 3.57. The summed E-state index contributed by atoms with van der Waals surface area (Å²) in [5, 5.41) is 0. The molecule has 0 radical (unpaired) electrons. The number of hydrogen-bond acceptors (Lipinski definition) is 1. The summed E-state index contributed by atoms with van der Waals surface area (Å²) in [4.78, 5) is 0. The van der Waals surface area contributed by atoms with Crippen LogP contribution >= 0.6 is 0 Å². The Morgan fingerprint density at radius 2 is 1.81 bits per heavy atom. The highest BCUT2D eigenvalue weighted by atomic mass is 14.6. The Balaban J connectivity index is 2.13. The molecule has 0 aliphatic heterocycles. The third-order valence-corrected chi connectivity index (χ3v) is 3.57. The van der Waals surface area contributed by atoms with Crippen LogP contribution in [0.25, 0.3) is 6.08 Å². The summed E-state index contributed by atoms with van der Waals surface area (Å²) in [5.74, 6) is 0. The van der Waals surface area contributed by atoms with Gasteiger partial charge in [0.25, 0.3) is 0 Å². The van der Waals surface area contributed by atoms with Gasteiger partial charge in [0.05, 0.1) is 0 Å². The highest BCUT2D eigenvalue weighted by Gasteiger charge is 2.12. The summed E-state index contributed by atoms with van der Waals surface area (Å²) in [6.07, 6.45) is 6.99. The molecule has 1 nitrogen and oxygen atoms in total. The topological polar surface area (TPSA) is 26.0 Å². The van der Waals surface area contributed by atoms with Crippen molar-refractivity contribution in [2.75, 3.05) is 0 Å². The highest BCUT2D eigenvalue weighted by Crippen LogP contribution is 2.25. The Labute approximate surface area is 98.4 Å². The molecule has 0 unspecified atom stereocenters. The average Bonchev–Trinajstić information content (AvgIpc) is 2.27. The Bertz CT molecular complexity index is 394. The normalized spacial score (nSPS) is 20.9. The van der Waals surface area contributed by atoms with E-state index in [4.69, 9.17) is 5.73 Å². The fraction of sp³-hybridized carbons (Fsp3) is 0.467. The van der Waals surface area contributed by atoms with Crippen molar-refractivity contribution < 1.29 is 0 Å². The maximum Gasteiger partial charge on any atom is 0.00449 e. The van der Waals surface area contributed by atoms with E-state index in [1.54, 1.807) is 5.57 Å². The number of allylic oxidation sites excluding steroid dienone is 1. The van der Waals surface area contributed by atoms with E-state index in [-0.39, 0.29) is 0 Å². The minimum atomic E-state index is 0.428. The summed E-state index contributed by atoms with van der Waals surface area (Å²) in [7, 11) is 0. The number of benzene rings is 1. The quantitative estimate of drug-likeness (QED) is 0.761. The van der Waals surface area contributed by atoms with Crippen LogP contribution in [0.4, 0.5) is 0 Å². The average molecular weight is 215 g/mol. The van der Waals surface area contributed by atoms with Gasteiger partial charge in [-0.1, -0.05) is 29.8 Å². The van der Waals surface area contributed by atoms with E-state index >= 15 is 0 Å². The first-order chi connectivity index (χ1) is 7.65. The lowest BCUT2D eigenvalue weighted by atomic mass is 9.90. The van der Waals surface area contributed by atoms with Crippen molar-refractivity contribution in [2.45, 2.75) is 45.6 Å². The molecular weight excluding hydrogens is 194 g/mol. The van der Waals surface area contributed by atoms with Crippen LogP contribution < -0.4 is 5.73 Å². The van der Waals surface area contributed by atoms with Crippen molar-refractivity contribution in [1.29, 1.82) is 0 Å². The molecule has 1 aliphatic carbocycles. The molecule has 0 atom stereocenters. The summed E-state index contributed by atoms with van der Waals surface area (Å²) >= 11 is 0. The van der Waals surface area contributed by atoms with Gasteiger partial charge in [-0.05, 0) is 56.2 Å². The lowest BCUT2D eigenvalue weighted by molar-refractivity contribution is 0.514. The van der Waals surface area contributed by atoms with Crippen molar-refractivity contribution in [3.63, 3.8) is 0 Å². The van der Waals surface area contributed by atoms with Crippen LogP contribution in [0.3, 0.4) is 0 Å². The van der Waals surface area contributed by atoms with Gasteiger partial charge in [-0.25, -0.2) is 0 Å². The van der Waals surface area contributed by atoms with E-state index in [1.165, 1.54) is 29.5 Å². The zero-order valence-electron chi connectivity index (χ0n) is 10.3. The van der Waals surface area contributed by atoms with Gasteiger partial charge in [0.1, 0.15) is 0 Å². The molecule has 1 fully saturated rings. The molecule has 0 amide bonds. The van der Waals surface area contributed by atoms with Gasteiger partial charge in [0.15, 0.2) is 0 Å². The van der Waals surface area contributed by atoms with Crippen molar-refractivity contribution in [1.82, 2.24) is 0 Å². The maximum absolute atomic E-state index is 5.91. The van der Waals surface area contributed by atoms with Gasteiger partial charge >= 0.3 is 0 Å². The van der Waals surface area contributed by atoms with Gasteiger partial charge in [-0.15, -0.1) is 0 Å². The number of aryl methyl sites for hydroxylation is 2. The van der Waals surface area contributed by atoms with Gasteiger partial charge in [-0.2, -0.15) is 0 Å². The number of hydrogen-bond donors (Lipinski definition) is 1. The minimum absolute atomic E-state index is 0.428. The second kappa shape index (κ2) is 4.84. The van der Waals surface area contributed by atoms with Gasteiger partial charge in [-0.3, -0.25) is 0 Å². The van der Waals surface area contributed by atoms with E-state index in [0.29, 0.717) is 6.04 Å². The largest absolute Gasteiger partial charge is 0.328 e. The standard InChI is InChI=1S/C15H21N/c1-11-3-4-14(9-12(11)2)10-13-5-7-15(16)8-6-13/h3-4,9-10,15H,5-8,16H2,1-2H3. The molecule has 0 aromatic heterocycles. The number of nitrogens with two attached hydrogens (primary N) is 1. The molecule has 1 saturated carbocycles. The predicted octanol–water partition coefficient (Wildman–Crippen LogP) is 3.59.